The Hall–Kier alpha value is -0.300. The lowest BCUT2D eigenvalue weighted by Crippen LogP contribution is -2.50. The van der Waals surface area contributed by atoms with Gasteiger partial charge in [-0.2, -0.15) is 0 Å². The molecule has 0 aliphatic heterocycles. The molecule has 7 atom stereocenters. The van der Waals surface area contributed by atoms with Gasteiger partial charge in [-0.3, -0.25) is 0 Å². The van der Waals surface area contributed by atoms with Gasteiger partial charge in [0.1, 0.15) is 0 Å². The van der Waals surface area contributed by atoms with Crippen LogP contribution >= 0.6 is 0 Å². The number of aliphatic hydroxyl groups is 1. The molecule has 3 saturated carbocycles. The predicted octanol–water partition coefficient (Wildman–Crippen LogP) is 5.73. The molecule has 1 heteroatoms. The van der Waals surface area contributed by atoms with Crippen LogP contribution in [0.1, 0.15) is 85.0 Å². The lowest BCUT2D eigenvalue weighted by atomic mass is 9.46. The highest BCUT2D eigenvalue weighted by Crippen LogP contribution is 2.67. The van der Waals surface area contributed by atoms with Crippen LogP contribution in [0.25, 0.3) is 0 Å². The number of hydrogen-bond acceptors (Lipinski definition) is 1. The zero-order chi connectivity index (χ0) is 16.2. The first kappa shape index (κ1) is 16.2. The summed E-state index contributed by atoms with van der Waals surface area (Å²) in [5.74, 6) is 3.85. The third-order valence-corrected chi connectivity index (χ3v) is 8.92. The highest BCUT2D eigenvalue weighted by molar-refractivity contribution is 5.25. The van der Waals surface area contributed by atoms with E-state index in [4.69, 9.17) is 0 Å². The van der Waals surface area contributed by atoms with Gasteiger partial charge in [0, 0.05) is 0 Å². The van der Waals surface area contributed by atoms with Crippen LogP contribution in [0.5, 0.6) is 0 Å². The van der Waals surface area contributed by atoms with Gasteiger partial charge in [-0.05, 0) is 85.9 Å². The molecule has 0 spiro atoms. The predicted molar refractivity (Wildman–Crippen MR) is 96.1 cm³/mol. The van der Waals surface area contributed by atoms with Gasteiger partial charge in [0.2, 0.25) is 0 Å². The summed E-state index contributed by atoms with van der Waals surface area (Å²) < 4.78 is 0. The van der Waals surface area contributed by atoms with Gasteiger partial charge in [0.15, 0.2) is 0 Å². The summed E-state index contributed by atoms with van der Waals surface area (Å²) in [4.78, 5) is 0. The summed E-state index contributed by atoms with van der Waals surface area (Å²) in [6.07, 6.45) is 15.7. The Kier molecular flexibility index (Phi) is 3.95. The smallest absolute Gasteiger partial charge is 0.0724 e. The topological polar surface area (TPSA) is 20.2 Å². The molecule has 0 heterocycles. The Balaban J connectivity index is 1.62. The SMILES string of the molecule is CCC[C@@H]1CC[C@H]2[C@@H]3CCC4=C[C@@H](O)CC[C@]4(C)[C@H]3CC[C@]12C. The largest absolute Gasteiger partial charge is 0.389 e. The van der Waals surface area contributed by atoms with Crippen LogP contribution in [0.4, 0.5) is 0 Å². The van der Waals surface area contributed by atoms with Crippen molar-refractivity contribution in [3.63, 3.8) is 0 Å². The second kappa shape index (κ2) is 5.61. The Bertz CT molecular complexity index is 494. The molecule has 0 radical (unpaired) electrons. The molecule has 23 heavy (non-hydrogen) atoms. The first-order valence-corrected chi connectivity index (χ1v) is 10.4. The van der Waals surface area contributed by atoms with Gasteiger partial charge in [-0.25, -0.2) is 0 Å². The molecular formula is C22H36O. The molecule has 0 aromatic carbocycles. The zero-order valence-corrected chi connectivity index (χ0v) is 15.5. The van der Waals surface area contributed by atoms with Crippen molar-refractivity contribution in [3.8, 4) is 0 Å². The van der Waals surface area contributed by atoms with Gasteiger partial charge in [-0.1, -0.05) is 45.3 Å². The lowest BCUT2D eigenvalue weighted by molar-refractivity contribution is -0.0561. The van der Waals surface area contributed by atoms with Gasteiger partial charge in [0.05, 0.1) is 6.10 Å². The Labute approximate surface area is 142 Å². The Morgan fingerprint density at radius 2 is 1.87 bits per heavy atom. The van der Waals surface area contributed by atoms with Crippen LogP contribution in [0.15, 0.2) is 11.6 Å². The minimum Gasteiger partial charge on any atom is -0.389 e. The van der Waals surface area contributed by atoms with E-state index in [1.165, 1.54) is 57.8 Å². The van der Waals surface area contributed by atoms with Crippen molar-refractivity contribution in [1.29, 1.82) is 0 Å². The summed E-state index contributed by atoms with van der Waals surface area (Å²) in [6.45, 7) is 7.57. The second-order valence-electron chi connectivity index (χ2n) is 9.74. The third-order valence-electron chi connectivity index (χ3n) is 8.92. The van der Waals surface area contributed by atoms with Crippen LogP contribution < -0.4 is 0 Å². The monoisotopic (exact) mass is 316 g/mol. The summed E-state index contributed by atoms with van der Waals surface area (Å²) in [7, 11) is 0. The summed E-state index contributed by atoms with van der Waals surface area (Å²) in [5.41, 5.74) is 2.67. The van der Waals surface area contributed by atoms with E-state index >= 15 is 0 Å². The van der Waals surface area contributed by atoms with Crippen molar-refractivity contribution >= 4 is 0 Å². The normalized spacial score (nSPS) is 52.3. The van der Waals surface area contributed by atoms with E-state index < -0.39 is 0 Å². The standard InChI is InChI=1S/C22H36O/c1-4-5-15-7-9-19-18-8-6-16-14-17(23)10-12-22(16,3)20(18)11-13-21(15,19)2/h14-15,17-20,23H,4-13H2,1-3H3/t15-,17+,18+,19+,20+,21-,22+/m1/s1. The van der Waals surface area contributed by atoms with Gasteiger partial charge < -0.3 is 5.11 Å². The summed E-state index contributed by atoms with van der Waals surface area (Å²) in [6, 6.07) is 0. The first-order chi connectivity index (χ1) is 11.0. The Morgan fingerprint density at radius 1 is 1.04 bits per heavy atom. The number of rotatable bonds is 2. The highest BCUT2D eigenvalue weighted by Gasteiger charge is 2.58. The molecule has 1 nitrogen and oxygen atoms in total. The average Bonchev–Trinajstić information content (AvgIpc) is 2.85. The summed E-state index contributed by atoms with van der Waals surface area (Å²) >= 11 is 0. The molecule has 130 valence electrons. The maximum absolute atomic E-state index is 10.1. The van der Waals surface area contributed by atoms with Gasteiger partial charge in [-0.15, -0.1) is 0 Å². The van der Waals surface area contributed by atoms with E-state index in [2.05, 4.69) is 26.8 Å². The zero-order valence-electron chi connectivity index (χ0n) is 15.5. The quantitative estimate of drug-likeness (QED) is 0.645. The van der Waals surface area contributed by atoms with E-state index in [1.807, 2.05) is 0 Å². The molecule has 0 unspecified atom stereocenters. The van der Waals surface area contributed by atoms with E-state index in [0.717, 1.165) is 30.1 Å². The first-order valence-electron chi connectivity index (χ1n) is 10.4. The number of aliphatic hydroxyl groups excluding tert-OH is 1. The Morgan fingerprint density at radius 3 is 2.65 bits per heavy atom. The van der Waals surface area contributed by atoms with E-state index in [0.29, 0.717) is 10.8 Å². The molecular weight excluding hydrogens is 280 g/mol. The molecule has 0 saturated heterocycles. The van der Waals surface area contributed by atoms with E-state index in [9.17, 15) is 5.11 Å². The van der Waals surface area contributed by atoms with Crippen molar-refractivity contribution in [3.05, 3.63) is 11.6 Å². The van der Waals surface area contributed by atoms with Crippen LogP contribution in [0, 0.1) is 34.5 Å². The maximum atomic E-state index is 10.1. The van der Waals surface area contributed by atoms with E-state index in [-0.39, 0.29) is 6.10 Å². The second-order valence-corrected chi connectivity index (χ2v) is 9.74. The number of hydrogen-bond donors (Lipinski definition) is 1. The van der Waals surface area contributed by atoms with Crippen LogP contribution in [-0.2, 0) is 0 Å². The molecule has 0 bridgehead atoms. The minimum atomic E-state index is -0.163. The summed E-state index contributed by atoms with van der Waals surface area (Å²) in [5, 5.41) is 10.1. The van der Waals surface area contributed by atoms with Crippen LogP contribution in [0.2, 0.25) is 0 Å². The molecule has 1 N–H and O–H groups in total. The van der Waals surface area contributed by atoms with Crippen molar-refractivity contribution in [2.45, 2.75) is 91.1 Å². The van der Waals surface area contributed by atoms with E-state index in [1.54, 1.807) is 5.57 Å². The molecule has 4 rings (SSSR count). The van der Waals surface area contributed by atoms with Crippen LogP contribution in [0.3, 0.4) is 0 Å². The van der Waals surface area contributed by atoms with Crippen LogP contribution in [-0.4, -0.2) is 11.2 Å². The van der Waals surface area contributed by atoms with Gasteiger partial charge in [0.25, 0.3) is 0 Å². The molecule has 4 aliphatic rings. The molecule has 4 aliphatic carbocycles. The molecule has 0 amide bonds. The average molecular weight is 317 g/mol. The lowest BCUT2D eigenvalue weighted by Gasteiger charge is -2.58. The number of allylic oxidation sites excluding steroid dienone is 1. The highest BCUT2D eigenvalue weighted by atomic mass is 16.3. The van der Waals surface area contributed by atoms with Crippen molar-refractivity contribution in [2.24, 2.45) is 34.5 Å². The molecule has 3 fully saturated rings. The van der Waals surface area contributed by atoms with Crippen molar-refractivity contribution in [2.75, 3.05) is 0 Å². The molecule has 0 aromatic rings. The minimum absolute atomic E-state index is 0.163. The maximum Gasteiger partial charge on any atom is 0.0724 e. The van der Waals surface area contributed by atoms with Crippen molar-refractivity contribution < 1.29 is 5.11 Å². The fourth-order valence-electron chi connectivity index (χ4n) is 7.64. The number of fused-ring (bicyclic) bond motifs is 5. The van der Waals surface area contributed by atoms with Crippen molar-refractivity contribution in [1.82, 2.24) is 0 Å². The van der Waals surface area contributed by atoms with Gasteiger partial charge >= 0.3 is 0 Å². The molecule has 0 aromatic heterocycles. The fourth-order valence-corrected chi connectivity index (χ4v) is 7.64. The fraction of sp³-hybridized carbons (Fsp3) is 0.909. The third kappa shape index (κ3) is 2.29.